The predicted molar refractivity (Wildman–Crippen MR) is 98.3 cm³/mol. The highest BCUT2D eigenvalue weighted by Crippen LogP contribution is 2.45. The van der Waals surface area contributed by atoms with Crippen LogP contribution in [-0.2, 0) is 22.0 Å². The molecular formula is C19H31NO3S. The Morgan fingerprint density at radius 3 is 2.17 bits per heavy atom. The first-order chi connectivity index (χ1) is 11.0. The molecule has 0 aliphatic heterocycles. The number of hydrogen-bond acceptors (Lipinski definition) is 3. The minimum atomic E-state index is -3.14. The lowest BCUT2D eigenvalue weighted by molar-refractivity contribution is -0.0298. The van der Waals surface area contributed by atoms with Crippen LogP contribution in [0.5, 0.6) is 0 Å². The molecule has 0 heterocycles. The standard InChI is InChI=1S/C19H31NO3S/c1-18(2,3)16-9-12-19(21,13-10-16)17-7-5-15(6-8-17)11-14-20-24(4,22)23/h5-8,16,20-21H,9-14H2,1-4H3. The average Bonchev–Trinajstić information content (AvgIpc) is 2.46. The lowest BCUT2D eigenvalue weighted by atomic mass is 9.67. The van der Waals surface area contributed by atoms with Crippen LogP contribution in [-0.4, -0.2) is 26.3 Å². The molecule has 0 bridgehead atoms. The molecule has 0 amide bonds. The molecule has 1 aromatic carbocycles. The topological polar surface area (TPSA) is 66.4 Å². The first-order valence-corrected chi connectivity index (χ1v) is 10.7. The van der Waals surface area contributed by atoms with Crippen molar-refractivity contribution in [3.8, 4) is 0 Å². The van der Waals surface area contributed by atoms with E-state index in [2.05, 4.69) is 25.5 Å². The van der Waals surface area contributed by atoms with Crippen molar-refractivity contribution in [1.29, 1.82) is 0 Å². The van der Waals surface area contributed by atoms with Gasteiger partial charge in [-0.1, -0.05) is 45.0 Å². The Bertz CT molecular complexity index is 636. The average molecular weight is 354 g/mol. The maximum absolute atomic E-state index is 11.1. The Labute approximate surface area is 146 Å². The smallest absolute Gasteiger partial charge is 0.208 e. The highest BCUT2D eigenvalue weighted by atomic mass is 32.2. The molecule has 2 rings (SSSR count). The van der Waals surface area contributed by atoms with E-state index < -0.39 is 15.6 Å². The van der Waals surface area contributed by atoms with Crippen molar-refractivity contribution in [2.24, 2.45) is 11.3 Å². The molecule has 5 heteroatoms. The molecule has 136 valence electrons. The second-order valence-electron chi connectivity index (χ2n) is 8.29. The van der Waals surface area contributed by atoms with E-state index in [9.17, 15) is 13.5 Å². The summed E-state index contributed by atoms with van der Waals surface area (Å²) in [5.41, 5.74) is 1.64. The van der Waals surface area contributed by atoms with E-state index in [0.717, 1.165) is 36.8 Å². The van der Waals surface area contributed by atoms with E-state index in [0.29, 0.717) is 24.3 Å². The van der Waals surface area contributed by atoms with E-state index in [1.807, 2.05) is 24.3 Å². The molecular weight excluding hydrogens is 322 g/mol. The normalized spacial score (nSPS) is 25.6. The fraction of sp³-hybridized carbons (Fsp3) is 0.684. The second kappa shape index (κ2) is 7.14. The number of sulfonamides is 1. The molecule has 0 saturated heterocycles. The van der Waals surface area contributed by atoms with E-state index in [4.69, 9.17) is 0 Å². The molecule has 0 spiro atoms. The number of nitrogens with one attached hydrogen (secondary N) is 1. The summed E-state index contributed by atoms with van der Waals surface area (Å²) in [5.74, 6) is 0.666. The van der Waals surface area contributed by atoms with Crippen LogP contribution >= 0.6 is 0 Å². The summed E-state index contributed by atoms with van der Waals surface area (Å²) in [6.07, 6.45) is 5.55. The zero-order valence-electron chi connectivity index (χ0n) is 15.3. The van der Waals surface area contributed by atoms with Gasteiger partial charge in [-0.25, -0.2) is 13.1 Å². The monoisotopic (exact) mass is 353 g/mol. The second-order valence-corrected chi connectivity index (χ2v) is 10.1. The van der Waals surface area contributed by atoms with Gasteiger partial charge in [0.05, 0.1) is 11.9 Å². The van der Waals surface area contributed by atoms with Gasteiger partial charge < -0.3 is 5.11 Å². The third kappa shape index (κ3) is 5.30. The molecule has 0 atom stereocenters. The molecule has 1 fully saturated rings. The molecule has 4 nitrogen and oxygen atoms in total. The van der Waals surface area contributed by atoms with Crippen LogP contribution in [0.4, 0.5) is 0 Å². The third-order valence-corrected chi connectivity index (χ3v) is 6.04. The van der Waals surface area contributed by atoms with Crippen LogP contribution in [0.2, 0.25) is 0 Å². The van der Waals surface area contributed by atoms with Gasteiger partial charge in [0.25, 0.3) is 0 Å². The van der Waals surface area contributed by atoms with E-state index in [1.54, 1.807) is 0 Å². The fourth-order valence-electron chi connectivity index (χ4n) is 3.61. The summed E-state index contributed by atoms with van der Waals surface area (Å²) in [7, 11) is -3.14. The van der Waals surface area contributed by atoms with Gasteiger partial charge in [-0.05, 0) is 54.6 Å². The van der Waals surface area contributed by atoms with Crippen molar-refractivity contribution in [2.75, 3.05) is 12.8 Å². The van der Waals surface area contributed by atoms with E-state index >= 15 is 0 Å². The SMILES string of the molecule is CC(C)(C)C1CCC(O)(c2ccc(CCNS(C)(=O)=O)cc2)CC1. The molecule has 1 aliphatic rings. The maximum atomic E-state index is 11.1. The summed E-state index contributed by atoms with van der Waals surface area (Å²) in [6, 6.07) is 7.97. The molecule has 0 aromatic heterocycles. The summed E-state index contributed by atoms with van der Waals surface area (Å²) >= 11 is 0. The Balaban J connectivity index is 1.95. The van der Waals surface area contributed by atoms with E-state index in [1.165, 1.54) is 6.26 Å². The van der Waals surface area contributed by atoms with Gasteiger partial charge in [0.15, 0.2) is 0 Å². The number of benzene rings is 1. The number of rotatable bonds is 5. The van der Waals surface area contributed by atoms with Crippen molar-refractivity contribution in [2.45, 2.75) is 58.5 Å². The van der Waals surface area contributed by atoms with Crippen LogP contribution in [0.25, 0.3) is 0 Å². The predicted octanol–water partition coefficient (Wildman–Crippen LogP) is 3.20. The lowest BCUT2D eigenvalue weighted by Gasteiger charge is -2.41. The largest absolute Gasteiger partial charge is 0.385 e. The molecule has 24 heavy (non-hydrogen) atoms. The van der Waals surface area contributed by atoms with Gasteiger partial charge in [0.2, 0.25) is 10.0 Å². The Morgan fingerprint density at radius 2 is 1.71 bits per heavy atom. The van der Waals surface area contributed by atoms with Crippen molar-refractivity contribution in [3.05, 3.63) is 35.4 Å². The van der Waals surface area contributed by atoms with Crippen molar-refractivity contribution < 1.29 is 13.5 Å². The van der Waals surface area contributed by atoms with E-state index in [-0.39, 0.29) is 0 Å². The van der Waals surface area contributed by atoms with Crippen LogP contribution in [0, 0.1) is 11.3 Å². The fourth-order valence-corrected chi connectivity index (χ4v) is 4.09. The highest BCUT2D eigenvalue weighted by molar-refractivity contribution is 7.88. The Morgan fingerprint density at radius 1 is 1.17 bits per heavy atom. The van der Waals surface area contributed by atoms with Gasteiger partial charge in [-0.2, -0.15) is 0 Å². The Kier molecular flexibility index (Phi) is 5.78. The molecule has 0 unspecified atom stereocenters. The van der Waals surface area contributed by atoms with Gasteiger partial charge in [0.1, 0.15) is 0 Å². The minimum absolute atomic E-state index is 0.303. The zero-order chi connectivity index (χ0) is 18.0. The molecule has 1 aliphatic carbocycles. The van der Waals surface area contributed by atoms with Gasteiger partial charge in [-0.3, -0.25) is 0 Å². The molecule has 0 radical (unpaired) electrons. The van der Waals surface area contributed by atoms with Crippen LogP contribution in [0.15, 0.2) is 24.3 Å². The van der Waals surface area contributed by atoms with Crippen molar-refractivity contribution in [1.82, 2.24) is 4.72 Å². The maximum Gasteiger partial charge on any atom is 0.208 e. The Hall–Kier alpha value is -0.910. The summed E-state index contributed by atoms with van der Waals surface area (Å²) in [4.78, 5) is 0. The summed E-state index contributed by atoms with van der Waals surface area (Å²) in [5, 5.41) is 11.0. The molecule has 2 N–H and O–H groups in total. The summed E-state index contributed by atoms with van der Waals surface area (Å²) in [6.45, 7) is 7.24. The van der Waals surface area contributed by atoms with Gasteiger partial charge >= 0.3 is 0 Å². The zero-order valence-corrected chi connectivity index (χ0v) is 16.1. The number of aliphatic hydroxyl groups is 1. The lowest BCUT2D eigenvalue weighted by Crippen LogP contribution is -2.35. The first-order valence-electron chi connectivity index (χ1n) is 8.76. The minimum Gasteiger partial charge on any atom is -0.385 e. The molecule has 1 aromatic rings. The van der Waals surface area contributed by atoms with Gasteiger partial charge in [-0.15, -0.1) is 0 Å². The van der Waals surface area contributed by atoms with Gasteiger partial charge in [0, 0.05) is 6.54 Å². The third-order valence-electron chi connectivity index (χ3n) is 5.31. The van der Waals surface area contributed by atoms with Crippen LogP contribution in [0.1, 0.15) is 57.6 Å². The van der Waals surface area contributed by atoms with Crippen LogP contribution in [0.3, 0.4) is 0 Å². The van der Waals surface area contributed by atoms with Crippen molar-refractivity contribution in [3.63, 3.8) is 0 Å². The first kappa shape index (κ1) is 19.4. The highest BCUT2D eigenvalue weighted by Gasteiger charge is 2.38. The van der Waals surface area contributed by atoms with Crippen LogP contribution < -0.4 is 4.72 Å². The summed E-state index contributed by atoms with van der Waals surface area (Å²) < 4.78 is 24.7. The molecule has 1 saturated carbocycles. The quantitative estimate of drug-likeness (QED) is 0.854. The number of hydrogen-bond donors (Lipinski definition) is 2. The van der Waals surface area contributed by atoms with Crippen molar-refractivity contribution >= 4 is 10.0 Å².